The number of nitriles is 1. The van der Waals surface area contributed by atoms with Crippen molar-refractivity contribution < 1.29 is 19.1 Å². The zero-order valence-electron chi connectivity index (χ0n) is 19.7. The van der Waals surface area contributed by atoms with Gasteiger partial charge in [-0.2, -0.15) is 5.26 Å². The number of anilines is 1. The molecule has 1 N–H and O–H groups in total. The van der Waals surface area contributed by atoms with Crippen LogP contribution >= 0.6 is 11.6 Å². The predicted octanol–water partition coefficient (Wildman–Crippen LogP) is 4.64. The minimum Gasteiger partial charge on any atom is -0.495 e. The fraction of sp³-hybridized carbons (Fsp3) is 0.231. The summed E-state index contributed by atoms with van der Waals surface area (Å²) >= 11 is 6.08. The van der Waals surface area contributed by atoms with Gasteiger partial charge in [0.1, 0.15) is 17.9 Å². The van der Waals surface area contributed by atoms with E-state index in [-0.39, 0.29) is 6.54 Å². The zero-order chi connectivity index (χ0) is 25.8. The van der Waals surface area contributed by atoms with Crippen molar-refractivity contribution in [3.8, 4) is 22.9 Å². The first-order chi connectivity index (χ1) is 16.5. The Balaban J connectivity index is 1.78. The molecule has 0 aliphatic heterocycles. The molecular formula is C26H24ClN3O5. The van der Waals surface area contributed by atoms with Gasteiger partial charge in [-0.1, -0.05) is 11.6 Å². The van der Waals surface area contributed by atoms with Crippen LogP contribution in [0.15, 0.2) is 59.5 Å². The highest BCUT2D eigenvalue weighted by atomic mass is 35.5. The van der Waals surface area contributed by atoms with E-state index in [0.717, 1.165) is 0 Å². The smallest absolute Gasteiger partial charge is 0.338 e. The Bertz CT molecular complexity index is 1370. The SMILES string of the molecule is COc1cn(CC(=O)Nc2ccc(C(=O)OC(C)(C)C)cc2)c(=O)cc1-c1cc(Cl)ccc1C#N. The maximum Gasteiger partial charge on any atom is 0.338 e. The van der Waals surface area contributed by atoms with Crippen molar-refractivity contribution in [1.29, 1.82) is 5.26 Å². The van der Waals surface area contributed by atoms with E-state index >= 15 is 0 Å². The maximum atomic E-state index is 12.7. The van der Waals surface area contributed by atoms with E-state index in [1.807, 2.05) is 0 Å². The molecular weight excluding hydrogens is 470 g/mol. The average Bonchev–Trinajstić information content (AvgIpc) is 2.79. The molecule has 0 spiro atoms. The van der Waals surface area contributed by atoms with E-state index in [1.54, 1.807) is 63.2 Å². The van der Waals surface area contributed by atoms with Gasteiger partial charge in [0.05, 0.1) is 30.5 Å². The van der Waals surface area contributed by atoms with E-state index in [9.17, 15) is 19.6 Å². The van der Waals surface area contributed by atoms with Crippen LogP contribution in [0.2, 0.25) is 5.02 Å². The summed E-state index contributed by atoms with van der Waals surface area (Å²) in [5, 5.41) is 12.5. The van der Waals surface area contributed by atoms with Crippen LogP contribution in [0.4, 0.5) is 5.69 Å². The second-order valence-corrected chi connectivity index (χ2v) is 9.09. The average molecular weight is 494 g/mol. The number of aromatic nitrogens is 1. The van der Waals surface area contributed by atoms with Gasteiger partial charge in [-0.05, 0) is 63.2 Å². The van der Waals surface area contributed by atoms with Crippen LogP contribution in [-0.2, 0) is 16.1 Å². The molecule has 0 unspecified atom stereocenters. The number of nitrogens with zero attached hydrogens (tertiary/aromatic N) is 2. The van der Waals surface area contributed by atoms with Crippen molar-refractivity contribution in [3.63, 3.8) is 0 Å². The van der Waals surface area contributed by atoms with Gasteiger partial charge >= 0.3 is 5.97 Å². The largest absolute Gasteiger partial charge is 0.495 e. The van der Waals surface area contributed by atoms with Crippen LogP contribution in [0, 0.1) is 11.3 Å². The van der Waals surface area contributed by atoms with E-state index in [0.29, 0.717) is 38.7 Å². The highest BCUT2D eigenvalue weighted by molar-refractivity contribution is 6.31. The third-order valence-corrected chi connectivity index (χ3v) is 5.05. The molecule has 0 atom stereocenters. The topological polar surface area (TPSA) is 110 Å². The molecule has 1 amide bonds. The summed E-state index contributed by atoms with van der Waals surface area (Å²) in [6.07, 6.45) is 1.41. The Morgan fingerprint density at radius 3 is 2.37 bits per heavy atom. The molecule has 0 radical (unpaired) electrons. The van der Waals surface area contributed by atoms with E-state index < -0.39 is 23.0 Å². The fourth-order valence-corrected chi connectivity index (χ4v) is 3.44. The van der Waals surface area contributed by atoms with Crippen molar-refractivity contribution in [2.24, 2.45) is 0 Å². The Morgan fingerprint density at radius 2 is 1.77 bits per heavy atom. The Labute approximate surface area is 207 Å². The number of carbonyl (C=O) groups is 2. The normalized spacial score (nSPS) is 10.9. The summed E-state index contributed by atoms with van der Waals surface area (Å²) in [4.78, 5) is 37.5. The lowest BCUT2D eigenvalue weighted by Crippen LogP contribution is -2.27. The molecule has 0 aliphatic carbocycles. The molecule has 3 aromatic rings. The van der Waals surface area contributed by atoms with Crippen molar-refractivity contribution in [3.05, 3.63) is 81.2 Å². The first-order valence-electron chi connectivity index (χ1n) is 10.6. The van der Waals surface area contributed by atoms with E-state index in [4.69, 9.17) is 21.1 Å². The number of methoxy groups -OCH3 is 1. The van der Waals surface area contributed by atoms with Crippen LogP contribution in [0.25, 0.3) is 11.1 Å². The van der Waals surface area contributed by atoms with Crippen molar-refractivity contribution in [2.75, 3.05) is 12.4 Å². The summed E-state index contributed by atoms with van der Waals surface area (Å²) in [6.45, 7) is 5.06. The highest BCUT2D eigenvalue weighted by Crippen LogP contribution is 2.32. The van der Waals surface area contributed by atoms with Gasteiger partial charge in [0.25, 0.3) is 5.56 Å². The van der Waals surface area contributed by atoms with Crippen molar-refractivity contribution in [1.82, 2.24) is 4.57 Å². The van der Waals surface area contributed by atoms with Crippen LogP contribution in [0.3, 0.4) is 0 Å². The number of benzene rings is 2. The quantitative estimate of drug-likeness (QED) is 0.501. The molecule has 0 fully saturated rings. The number of carbonyl (C=O) groups excluding carboxylic acids is 2. The maximum absolute atomic E-state index is 12.7. The minimum atomic E-state index is -0.614. The molecule has 35 heavy (non-hydrogen) atoms. The van der Waals surface area contributed by atoms with Gasteiger partial charge in [0.15, 0.2) is 0 Å². The number of nitrogens with one attached hydrogen (secondary N) is 1. The lowest BCUT2D eigenvalue weighted by atomic mass is 10.0. The first kappa shape index (κ1) is 25.5. The molecule has 180 valence electrons. The Morgan fingerprint density at radius 1 is 1.09 bits per heavy atom. The number of halogens is 1. The second kappa shape index (κ2) is 10.5. The monoisotopic (exact) mass is 493 g/mol. The predicted molar refractivity (Wildman–Crippen MR) is 133 cm³/mol. The third kappa shape index (κ3) is 6.49. The van der Waals surface area contributed by atoms with Gasteiger partial charge in [-0.25, -0.2) is 4.79 Å². The van der Waals surface area contributed by atoms with Crippen LogP contribution < -0.4 is 15.6 Å². The van der Waals surface area contributed by atoms with E-state index in [1.165, 1.54) is 23.9 Å². The summed E-state index contributed by atoms with van der Waals surface area (Å²) in [5.41, 5.74) is 0.916. The Hall–Kier alpha value is -4.09. The number of esters is 1. The summed E-state index contributed by atoms with van der Waals surface area (Å²) in [5.74, 6) is -0.612. The second-order valence-electron chi connectivity index (χ2n) is 8.65. The van der Waals surface area contributed by atoms with E-state index in [2.05, 4.69) is 11.4 Å². The summed E-state index contributed by atoms with van der Waals surface area (Å²) in [7, 11) is 1.43. The lowest BCUT2D eigenvalue weighted by Gasteiger charge is -2.19. The number of pyridine rings is 1. The fourth-order valence-electron chi connectivity index (χ4n) is 3.27. The van der Waals surface area contributed by atoms with Gasteiger partial charge in [-0.3, -0.25) is 9.59 Å². The molecule has 1 aromatic heterocycles. The summed E-state index contributed by atoms with van der Waals surface area (Å²) in [6, 6.07) is 14.3. The van der Waals surface area contributed by atoms with Gasteiger partial charge < -0.3 is 19.4 Å². The third-order valence-electron chi connectivity index (χ3n) is 4.82. The van der Waals surface area contributed by atoms with Crippen LogP contribution in [-0.4, -0.2) is 29.2 Å². The number of ether oxygens (including phenoxy) is 2. The number of hydrogen-bond acceptors (Lipinski definition) is 6. The molecule has 8 nitrogen and oxygen atoms in total. The molecule has 1 heterocycles. The molecule has 2 aromatic carbocycles. The molecule has 3 rings (SSSR count). The van der Waals surface area contributed by atoms with Crippen LogP contribution in [0.5, 0.6) is 5.75 Å². The first-order valence-corrected chi connectivity index (χ1v) is 11.0. The zero-order valence-corrected chi connectivity index (χ0v) is 20.5. The molecule has 9 heteroatoms. The number of hydrogen-bond donors (Lipinski definition) is 1. The minimum absolute atomic E-state index is 0.274. The van der Waals surface area contributed by atoms with Gasteiger partial charge in [0.2, 0.25) is 5.91 Å². The molecule has 0 bridgehead atoms. The molecule has 0 saturated heterocycles. The number of amides is 1. The molecule has 0 aliphatic rings. The van der Waals surface area contributed by atoms with Gasteiger partial charge in [-0.15, -0.1) is 0 Å². The number of rotatable bonds is 6. The summed E-state index contributed by atoms with van der Waals surface area (Å²) < 4.78 is 11.9. The van der Waals surface area contributed by atoms with Crippen molar-refractivity contribution in [2.45, 2.75) is 32.9 Å². The standard InChI is InChI=1S/C26H24ClN3O5/c1-26(2,3)35-25(33)16-6-9-19(10-7-16)29-23(31)15-30-14-22(34-4)21(12-24(30)32)20-11-18(27)8-5-17(20)13-28/h5-12,14H,15H2,1-4H3,(H,29,31). The lowest BCUT2D eigenvalue weighted by molar-refractivity contribution is -0.116. The van der Waals surface area contributed by atoms with Gasteiger partial charge in [0, 0.05) is 27.9 Å². The highest BCUT2D eigenvalue weighted by Gasteiger charge is 2.18. The Kier molecular flexibility index (Phi) is 7.62. The molecule has 0 saturated carbocycles. The van der Waals surface area contributed by atoms with Crippen molar-refractivity contribution >= 4 is 29.2 Å². The van der Waals surface area contributed by atoms with Crippen LogP contribution in [0.1, 0.15) is 36.7 Å².